The normalized spacial score (nSPS) is 10.2. The van der Waals surface area contributed by atoms with Crippen LogP contribution in [0.5, 0.6) is 0 Å². The van der Waals surface area contributed by atoms with Crippen molar-refractivity contribution in [3.05, 3.63) is 89.6 Å². The van der Waals surface area contributed by atoms with Crippen molar-refractivity contribution < 1.29 is 27.9 Å². The highest BCUT2D eigenvalue weighted by molar-refractivity contribution is 5.97. The molecular weight excluding hydrogens is 393 g/mol. The molecule has 0 aliphatic heterocycles. The van der Waals surface area contributed by atoms with Gasteiger partial charge in [-0.25, -0.2) is 9.18 Å². The smallest absolute Gasteiger partial charge is 0.340 e. The van der Waals surface area contributed by atoms with E-state index in [-0.39, 0.29) is 11.1 Å². The van der Waals surface area contributed by atoms with E-state index in [1.807, 2.05) is 0 Å². The van der Waals surface area contributed by atoms with Crippen molar-refractivity contribution in [2.45, 2.75) is 6.54 Å². The minimum absolute atomic E-state index is 0.229. The Bertz CT molecular complexity index is 1040. The summed E-state index contributed by atoms with van der Waals surface area (Å²) in [5.41, 5.74) is 4.63. The van der Waals surface area contributed by atoms with Crippen molar-refractivity contribution in [2.75, 3.05) is 11.9 Å². The van der Waals surface area contributed by atoms with Crippen LogP contribution in [0.4, 0.5) is 10.1 Å². The van der Waals surface area contributed by atoms with Crippen LogP contribution in [0.1, 0.15) is 26.5 Å². The molecule has 0 aliphatic rings. The van der Waals surface area contributed by atoms with Crippen LogP contribution in [0.3, 0.4) is 0 Å². The van der Waals surface area contributed by atoms with Gasteiger partial charge in [-0.1, -0.05) is 24.3 Å². The molecule has 0 saturated carbocycles. The monoisotopic (exact) mass is 411 g/mol. The molecule has 0 radical (unpaired) electrons. The van der Waals surface area contributed by atoms with Gasteiger partial charge < -0.3 is 14.5 Å². The zero-order valence-electron chi connectivity index (χ0n) is 15.7. The van der Waals surface area contributed by atoms with Gasteiger partial charge in [0.1, 0.15) is 11.6 Å². The van der Waals surface area contributed by atoms with Gasteiger partial charge in [0.2, 0.25) is 0 Å². The standard InChI is InChI=1S/C21H18FN3O5/c22-17-9-3-1-7-15(17)20(27)25-24-19(26)13-30-21(28)16-8-2-4-10-18(16)23-12-14-6-5-11-29-14/h1-11,23H,12-13H2,(H,24,26)(H,25,27). The lowest BCUT2D eigenvalue weighted by atomic mass is 10.2. The number of carbonyl (C=O) groups is 3. The fourth-order valence-corrected chi connectivity index (χ4v) is 2.49. The van der Waals surface area contributed by atoms with Gasteiger partial charge in [-0.3, -0.25) is 20.4 Å². The quantitative estimate of drug-likeness (QED) is 0.407. The number of hydrazine groups is 1. The molecule has 9 heteroatoms. The van der Waals surface area contributed by atoms with E-state index in [0.717, 1.165) is 6.07 Å². The molecule has 3 aromatic rings. The minimum atomic E-state index is -0.833. The van der Waals surface area contributed by atoms with Crippen LogP contribution in [0.2, 0.25) is 0 Å². The Morgan fingerprint density at radius 2 is 1.63 bits per heavy atom. The molecule has 0 atom stereocenters. The molecular formula is C21H18FN3O5. The predicted molar refractivity (Wildman–Crippen MR) is 105 cm³/mol. The maximum atomic E-state index is 13.5. The number of carbonyl (C=O) groups excluding carboxylic acids is 3. The molecule has 0 aliphatic carbocycles. The second kappa shape index (κ2) is 9.87. The van der Waals surface area contributed by atoms with Crippen molar-refractivity contribution in [3.8, 4) is 0 Å². The number of halogens is 1. The Labute approximate surface area is 171 Å². The average Bonchev–Trinajstić information content (AvgIpc) is 3.28. The Hall–Kier alpha value is -4.14. The van der Waals surface area contributed by atoms with Crippen LogP contribution in [-0.2, 0) is 16.1 Å². The predicted octanol–water partition coefficient (Wildman–Crippen LogP) is 2.65. The Morgan fingerprint density at radius 3 is 2.37 bits per heavy atom. The molecule has 2 aromatic carbocycles. The van der Waals surface area contributed by atoms with E-state index in [1.165, 1.54) is 18.2 Å². The summed E-state index contributed by atoms with van der Waals surface area (Å²) in [5.74, 6) is -2.39. The Morgan fingerprint density at radius 1 is 0.900 bits per heavy atom. The van der Waals surface area contributed by atoms with Crippen molar-refractivity contribution in [1.82, 2.24) is 10.9 Å². The fourth-order valence-electron chi connectivity index (χ4n) is 2.49. The van der Waals surface area contributed by atoms with E-state index in [1.54, 1.807) is 42.7 Å². The zero-order chi connectivity index (χ0) is 21.3. The summed E-state index contributed by atoms with van der Waals surface area (Å²) in [6.45, 7) is -0.275. The first-order chi connectivity index (χ1) is 14.5. The van der Waals surface area contributed by atoms with Gasteiger partial charge in [0, 0.05) is 5.69 Å². The van der Waals surface area contributed by atoms with Gasteiger partial charge in [0.05, 0.1) is 23.9 Å². The van der Waals surface area contributed by atoms with Crippen molar-refractivity contribution >= 4 is 23.5 Å². The number of para-hydroxylation sites is 1. The van der Waals surface area contributed by atoms with Crippen LogP contribution in [0.25, 0.3) is 0 Å². The van der Waals surface area contributed by atoms with Crippen LogP contribution >= 0.6 is 0 Å². The molecule has 3 N–H and O–H groups in total. The summed E-state index contributed by atoms with van der Waals surface area (Å²) in [7, 11) is 0. The molecule has 3 rings (SSSR count). The number of furan rings is 1. The van der Waals surface area contributed by atoms with E-state index in [9.17, 15) is 18.8 Å². The highest BCUT2D eigenvalue weighted by atomic mass is 19.1. The molecule has 8 nitrogen and oxygen atoms in total. The second-order valence-electron chi connectivity index (χ2n) is 6.04. The lowest BCUT2D eigenvalue weighted by molar-refractivity contribution is -0.125. The van der Waals surface area contributed by atoms with E-state index < -0.39 is 30.2 Å². The van der Waals surface area contributed by atoms with Crippen molar-refractivity contribution in [1.29, 1.82) is 0 Å². The lowest BCUT2D eigenvalue weighted by Crippen LogP contribution is -2.43. The first kappa shape index (κ1) is 20.6. The molecule has 0 fully saturated rings. The Kier molecular flexibility index (Phi) is 6.78. The molecule has 2 amide bonds. The van der Waals surface area contributed by atoms with Crippen LogP contribution < -0.4 is 16.2 Å². The summed E-state index contributed by atoms with van der Waals surface area (Å²) in [4.78, 5) is 36.0. The van der Waals surface area contributed by atoms with E-state index in [2.05, 4.69) is 16.2 Å². The molecule has 0 unspecified atom stereocenters. The zero-order valence-corrected chi connectivity index (χ0v) is 15.7. The van der Waals surface area contributed by atoms with Gasteiger partial charge in [-0.15, -0.1) is 0 Å². The fraction of sp³-hybridized carbons (Fsp3) is 0.0952. The number of rotatable bonds is 7. The molecule has 0 bridgehead atoms. The lowest BCUT2D eigenvalue weighted by Gasteiger charge is -2.11. The van der Waals surface area contributed by atoms with Crippen molar-refractivity contribution in [2.24, 2.45) is 0 Å². The number of hydrogen-bond donors (Lipinski definition) is 3. The number of ether oxygens (including phenoxy) is 1. The van der Waals surface area contributed by atoms with Crippen LogP contribution in [-0.4, -0.2) is 24.4 Å². The van der Waals surface area contributed by atoms with Gasteiger partial charge in [0.25, 0.3) is 11.8 Å². The van der Waals surface area contributed by atoms with Crippen LogP contribution in [0, 0.1) is 5.82 Å². The maximum absolute atomic E-state index is 13.5. The first-order valence-electron chi connectivity index (χ1n) is 8.90. The third kappa shape index (κ3) is 5.44. The van der Waals surface area contributed by atoms with Gasteiger partial charge >= 0.3 is 5.97 Å². The highest BCUT2D eigenvalue weighted by Crippen LogP contribution is 2.17. The van der Waals surface area contributed by atoms with Gasteiger partial charge in [-0.2, -0.15) is 0 Å². The van der Waals surface area contributed by atoms with Gasteiger partial charge in [-0.05, 0) is 36.4 Å². The summed E-state index contributed by atoms with van der Waals surface area (Å²) in [6, 6.07) is 15.5. The number of nitrogens with one attached hydrogen (secondary N) is 3. The number of amides is 2. The van der Waals surface area contributed by atoms with E-state index >= 15 is 0 Å². The molecule has 154 valence electrons. The SMILES string of the molecule is O=C(COC(=O)c1ccccc1NCc1ccco1)NNC(=O)c1ccccc1F. The minimum Gasteiger partial charge on any atom is -0.467 e. The number of esters is 1. The van der Waals surface area contributed by atoms with Gasteiger partial charge in [0.15, 0.2) is 6.61 Å². The molecule has 0 saturated heterocycles. The summed E-state index contributed by atoms with van der Waals surface area (Å²) < 4.78 is 23.8. The van der Waals surface area contributed by atoms with E-state index in [4.69, 9.17) is 9.15 Å². The third-order valence-corrected chi connectivity index (χ3v) is 3.95. The largest absolute Gasteiger partial charge is 0.467 e. The summed E-state index contributed by atoms with van der Waals surface area (Å²) in [5, 5.41) is 3.06. The number of hydrogen-bond acceptors (Lipinski definition) is 6. The first-order valence-corrected chi connectivity index (χ1v) is 8.90. The van der Waals surface area contributed by atoms with Crippen LogP contribution in [0.15, 0.2) is 71.3 Å². The third-order valence-electron chi connectivity index (χ3n) is 3.95. The van der Waals surface area contributed by atoms with Crippen molar-refractivity contribution in [3.63, 3.8) is 0 Å². The number of benzene rings is 2. The molecule has 1 aromatic heterocycles. The topological polar surface area (TPSA) is 110 Å². The Balaban J connectivity index is 1.50. The maximum Gasteiger partial charge on any atom is 0.340 e. The average molecular weight is 411 g/mol. The molecule has 0 spiro atoms. The molecule has 1 heterocycles. The summed E-state index contributed by atoms with van der Waals surface area (Å²) in [6.07, 6.45) is 1.54. The van der Waals surface area contributed by atoms with E-state index in [0.29, 0.717) is 18.0 Å². The summed E-state index contributed by atoms with van der Waals surface area (Å²) >= 11 is 0. The highest BCUT2D eigenvalue weighted by Gasteiger charge is 2.16. The number of anilines is 1. The molecule has 30 heavy (non-hydrogen) atoms. The second-order valence-corrected chi connectivity index (χ2v) is 6.04.